The zero-order valence-corrected chi connectivity index (χ0v) is 28.5. The summed E-state index contributed by atoms with van der Waals surface area (Å²) in [5.41, 5.74) is 7.70. The van der Waals surface area contributed by atoms with E-state index in [4.69, 9.17) is 11.6 Å². The number of aliphatic imine (C=N–C) groups is 2. The van der Waals surface area contributed by atoms with Crippen LogP contribution >= 0.6 is 27.5 Å². The van der Waals surface area contributed by atoms with Crippen molar-refractivity contribution < 1.29 is 8.42 Å². The summed E-state index contributed by atoms with van der Waals surface area (Å²) >= 11 is 9.28. The zero-order valence-electron chi connectivity index (χ0n) is 25.3. The highest BCUT2D eigenvalue weighted by atomic mass is 79.9. The van der Waals surface area contributed by atoms with Crippen LogP contribution in [0.2, 0.25) is 5.02 Å². The van der Waals surface area contributed by atoms with Gasteiger partial charge in [0, 0.05) is 28.8 Å². The predicted molar refractivity (Wildman–Crippen MR) is 194 cm³/mol. The highest BCUT2D eigenvalue weighted by Gasteiger charge is 2.22. The number of nitrogens with zero attached hydrogens (tertiary/aromatic N) is 6. The van der Waals surface area contributed by atoms with Gasteiger partial charge in [0.15, 0.2) is 0 Å². The maximum atomic E-state index is 13.0. The number of H-pyrrole nitrogens is 2. The Labute approximate surface area is 292 Å². The van der Waals surface area contributed by atoms with Crippen molar-refractivity contribution >= 4 is 94.9 Å². The van der Waals surface area contributed by atoms with Crippen molar-refractivity contribution in [1.82, 2.24) is 29.9 Å². The van der Waals surface area contributed by atoms with Gasteiger partial charge in [0.25, 0.3) is 0 Å². The van der Waals surface area contributed by atoms with Crippen LogP contribution in [-0.4, -0.2) is 50.8 Å². The van der Waals surface area contributed by atoms with Gasteiger partial charge >= 0.3 is 0 Å². The molecule has 0 fully saturated rings. The lowest BCUT2D eigenvalue weighted by Gasteiger charge is -2.07. The van der Waals surface area contributed by atoms with Gasteiger partial charge in [-0.15, -0.1) is 0 Å². The molecule has 242 valence electrons. The third kappa shape index (κ3) is 6.17. The quantitative estimate of drug-likeness (QED) is 0.135. The van der Waals surface area contributed by atoms with Crippen LogP contribution in [-0.2, 0) is 22.9 Å². The Morgan fingerprint density at radius 1 is 0.673 bits per heavy atom. The molecule has 0 saturated heterocycles. The maximum Gasteiger partial charge on any atom is 0.221 e. The zero-order chi connectivity index (χ0) is 33.5. The SMILES string of the molecule is Brc1cc2c(Nc3ccc4c(c3)C=NC4)ncnc2[nH]1.O=S(=O)(c1ccc(Cl)cc1)c1cc2c(Nc3ccc4c(c3)C=NC4)ncnc2[nH]1. The highest BCUT2D eigenvalue weighted by molar-refractivity contribution is 9.10. The molecule has 7 aromatic rings. The molecule has 4 N–H and O–H groups in total. The smallest absolute Gasteiger partial charge is 0.221 e. The van der Waals surface area contributed by atoms with Crippen molar-refractivity contribution in [2.75, 3.05) is 10.6 Å². The van der Waals surface area contributed by atoms with Gasteiger partial charge in [-0.1, -0.05) is 23.7 Å². The Morgan fingerprint density at radius 2 is 1.22 bits per heavy atom. The molecule has 0 spiro atoms. The lowest BCUT2D eigenvalue weighted by Crippen LogP contribution is -2.01. The largest absolute Gasteiger partial charge is 0.340 e. The summed E-state index contributed by atoms with van der Waals surface area (Å²) in [5.74, 6) is 1.30. The molecule has 0 saturated carbocycles. The number of sulfone groups is 1. The number of anilines is 4. The van der Waals surface area contributed by atoms with Crippen molar-refractivity contribution in [2.24, 2.45) is 9.98 Å². The minimum atomic E-state index is -3.74. The highest BCUT2D eigenvalue weighted by Crippen LogP contribution is 2.30. The molecular weight excluding hydrogens is 728 g/mol. The van der Waals surface area contributed by atoms with Gasteiger partial charge in [-0.05, 0) is 98.8 Å². The van der Waals surface area contributed by atoms with E-state index >= 15 is 0 Å². The number of rotatable bonds is 6. The topological polar surface area (TPSA) is 166 Å². The van der Waals surface area contributed by atoms with Gasteiger partial charge in [0.2, 0.25) is 9.84 Å². The van der Waals surface area contributed by atoms with Crippen molar-refractivity contribution in [3.8, 4) is 0 Å². The average molecular weight is 752 g/mol. The Hall–Kier alpha value is -5.44. The maximum absolute atomic E-state index is 13.0. The van der Waals surface area contributed by atoms with Crippen LogP contribution in [0.4, 0.5) is 23.0 Å². The second-order valence-corrected chi connectivity index (χ2v) is 14.4. The van der Waals surface area contributed by atoms with Gasteiger partial charge in [0.1, 0.15) is 40.6 Å². The molecule has 2 aliphatic rings. The fourth-order valence-electron chi connectivity index (χ4n) is 5.54. The first-order valence-electron chi connectivity index (χ1n) is 14.9. The second kappa shape index (κ2) is 12.5. The Bertz CT molecular complexity index is 2560. The number of nitrogens with one attached hydrogen (secondary N) is 4. The average Bonchev–Trinajstić information content (AvgIpc) is 3.91. The van der Waals surface area contributed by atoms with E-state index in [1.165, 1.54) is 35.7 Å². The van der Waals surface area contributed by atoms with Crippen LogP contribution in [0.15, 0.2) is 110 Å². The molecule has 0 radical (unpaired) electrons. The summed E-state index contributed by atoms with van der Waals surface area (Å²) in [6, 6.07) is 21.7. The summed E-state index contributed by atoms with van der Waals surface area (Å²) < 4.78 is 26.8. The Kier molecular flexibility index (Phi) is 7.90. The molecule has 49 heavy (non-hydrogen) atoms. The molecule has 12 nitrogen and oxygen atoms in total. The molecule has 0 aliphatic carbocycles. The lowest BCUT2D eigenvalue weighted by molar-refractivity contribution is 0.593. The number of aromatic amines is 2. The molecule has 0 amide bonds. The molecule has 0 bridgehead atoms. The van der Waals surface area contributed by atoms with Gasteiger partial charge in [0.05, 0.1) is 33.4 Å². The number of hydrogen-bond donors (Lipinski definition) is 4. The fourth-order valence-corrected chi connectivity index (χ4v) is 7.34. The molecular formula is C34H24BrClN10O2S. The number of fused-ring (bicyclic) bond motifs is 4. The van der Waals surface area contributed by atoms with Gasteiger partial charge in [-0.25, -0.2) is 28.4 Å². The van der Waals surface area contributed by atoms with E-state index in [1.807, 2.05) is 42.8 Å². The van der Waals surface area contributed by atoms with E-state index in [9.17, 15) is 8.42 Å². The van der Waals surface area contributed by atoms with Crippen LogP contribution in [0, 0.1) is 0 Å². The van der Waals surface area contributed by atoms with E-state index in [-0.39, 0.29) is 9.92 Å². The van der Waals surface area contributed by atoms with Crippen molar-refractivity contribution in [3.63, 3.8) is 0 Å². The molecule has 0 unspecified atom stereocenters. The van der Waals surface area contributed by atoms with E-state index in [2.05, 4.69) is 78.6 Å². The molecule has 4 aromatic heterocycles. The van der Waals surface area contributed by atoms with Crippen LogP contribution in [0.5, 0.6) is 0 Å². The fraction of sp³-hybridized carbons (Fsp3) is 0.0588. The van der Waals surface area contributed by atoms with E-state index in [1.54, 1.807) is 18.5 Å². The van der Waals surface area contributed by atoms with Crippen LogP contribution < -0.4 is 10.6 Å². The molecule has 3 aromatic carbocycles. The molecule has 0 atom stereocenters. The van der Waals surface area contributed by atoms with Crippen LogP contribution in [0.25, 0.3) is 22.1 Å². The minimum Gasteiger partial charge on any atom is -0.340 e. The number of halogens is 2. The van der Waals surface area contributed by atoms with Crippen molar-refractivity contribution in [1.29, 1.82) is 0 Å². The van der Waals surface area contributed by atoms with Crippen LogP contribution in [0.3, 0.4) is 0 Å². The monoisotopic (exact) mass is 750 g/mol. The molecule has 15 heteroatoms. The lowest BCUT2D eigenvalue weighted by atomic mass is 10.1. The first-order chi connectivity index (χ1) is 23.8. The second-order valence-electron chi connectivity index (χ2n) is 11.2. The first-order valence-corrected chi connectivity index (χ1v) is 17.6. The number of hydrogen-bond acceptors (Lipinski definition) is 10. The molecule has 6 heterocycles. The molecule has 2 aliphatic heterocycles. The predicted octanol–water partition coefficient (Wildman–Crippen LogP) is 7.52. The first kappa shape index (κ1) is 30.9. The number of benzene rings is 3. The summed E-state index contributed by atoms with van der Waals surface area (Å²) in [7, 11) is -3.74. The van der Waals surface area contributed by atoms with Crippen molar-refractivity contribution in [3.05, 3.63) is 117 Å². The van der Waals surface area contributed by atoms with Crippen molar-refractivity contribution in [2.45, 2.75) is 23.0 Å². The van der Waals surface area contributed by atoms with Gasteiger partial charge < -0.3 is 20.6 Å². The van der Waals surface area contributed by atoms with Gasteiger partial charge in [-0.3, -0.25) is 9.98 Å². The minimum absolute atomic E-state index is 0.0412. The third-order valence-corrected chi connectivity index (χ3v) is 10.4. The summed E-state index contributed by atoms with van der Waals surface area (Å²) in [6.45, 7) is 1.47. The van der Waals surface area contributed by atoms with E-state index < -0.39 is 9.84 Å². The van der Waals surface area contributed by atoms with Crippen LogP contribution in [0.1, 0.15) is 22.3 Å². The van der Waals surface area contributed by atoms with E-state index in [0.29, 0.717) is 28.4 Å². The third-order valence-electron chi connectivity index (χ3n) is 8.01. The summed E-state index contributed by atoms with van der Waals surface area (Å²) in [5, 5.41) is 8.62. The normalized spacial score (nSPS) is 12.9. The Morgan fingerprint density at radius 3 is 1.82 bits per heavy atom. The van der Waals surface area contributed by atoms with E-state index in [0.717, 1.165) is 50.5 Å². The van der Waals surface area contributed by atoms with Gasteiger partial charge in [-0.2, -0.15) is 0 Å². The Balaban J connectivity index is 0.000000152. The summed E-state index contributed by atoms with van der Waals surface area (Å²) in [6.07, 6.45) is 6.67. The number of aromatic nitrogens is 6. The summed E-state index contributed by atoms with van der Waals surface area (Å²) in [4.78, 5) is 31.7. The molecule has 9 rings (SSSR count). The standard InChI is InChI=1S/C20H14ClN5O2S.C14H10BrN5/c21-14-2-5-16(6-3-14)29(27,28)18-8-17-19(23-11-24-20(17)26-18)25-15-4-1-12-9-22-10-13(12)7-15;15-12-4-11-13(17-7-18-14(11)20-12)19-10-2-1-8-5-16-6-9(8)3-10/h1-8,10-11H,9H2,(H2,23,24,25,26);1-4,6-7H,5H2,(H2,17,18,19,20).